The monoisotopic (exact) mass is 203 g/mol. The normalized spacial score (nSPS) is 27.9. The third-order valence-electron chi connectivity index (χ3n) is 3.69. The number of hydrogen-bond donors (Lipinski definition) is 0. The smallest absolute Gasteiger partial charge is 0.00758 e. The van der Waals surface area contributed by atoms with Gasteiger partial charge in [0, 0.05) is 12.0 Å². The Morgan fingerprint density at radius 1 is 1.27 bits per heavy atom. The van der Waals surface area contributed by atoms with Gasteiger partial charge in [0.25, 0.3) is 0 Å². The Balaban J connectivity index is 2.19. The van der Waals surface area contributed by atoms with Gasteiger partial charge >= 0.3 is 0 Å². The molecule has 0 bridgehead atoms. The Labute approximate surface area is 93.1 Å². The van der Waals surface area contributed by atoms with Gasteiger partial charge in [0.1, 0.15) is 0 Å². The number of piperidine rings is 1. The van der Waals surface area contributed by atoms with Gasteiger partial charge in [-0.2, -0.15) is 0 Å². The second-order valence-electron chi connectivity index (χ2n) is 4.90. The average Bonchev–Trinajstić information content (AvgIpc) is 2.30. The van der Waals surface area contributed by atoms with Crippen molar-refractivity contribution in [2.75, 3.05) is 19.6 Å². The lowest BCUT2D eigenvalue weighted by Gasteiger charge is -2.40. The van der Waals surface area contributed by atoms with Gasteiger partial charge in [-0.05, 0) is 31.5 Å². The number of nitrogens with zero attached hydrogens (tertiary/aromatic N) is 1. The second kappa shape index (κ2) is 4.36. The summed E-state index contributed by atoms with van der Waals surface area (Å²) in [6, 6.07) is 11.0. The zero-order valence-electron chi connectivity index (χ0n) is 9.87. The van der Waals surface area contributed by atoms with Crippen LogP contribution in [0.1, 0.15) is 32.3 Å². The van der Waals surface area contributed by atoms with Crippen LogP contribution < -0.4 is 0 Å². The molecule has 0 spiro atoms. The molecule has 0 aromatic heterocycles. The molecule has 1 aliphatic rings. The highest BCUT2D eigenvalue weighted by molar-refractivity contribution is 5.25. The highest BCUT2D eigenvalue weighted by atomic mass is 15.1. The van der Waals surface area contributed by atoms with Crippen LogP contribution in [0.2, 0.25) is 0 Å². The summed E-state index contributed by atoms with van der Waals surface area (Å²) < 4.78 is 0. The van der Waals surface area contributed by atoms with Gasteiger partial charge < -0.3 is 4.90 Å². The van der Waals surface area contributed by atoms with Crippen molar-refractivity contribution in [1.29, 1.82) is 0 Å². The molecule has 1 heterocycles. The lowest BCUT2D eigenvalue weighted by molar-refractivity contribution is 0.164. The molecule has 82 valence electrons. The Hall–Kier alpha value is -0.820. The van der Waals surface area contributed by atoms with E-state index in [0.717, 1.165) is 0 Å². The number of rotatable bonds is 2. The summed E-state index contributed by atoms with van der Waals surface area (Å²) in [4.78, 5) is 2.57. The van der Waals surface area contributed by atoms with Gasteiger partial charge in [-0.25, -0.2) is 0 Å². The molecule has 2 rings (SSSR count). The van der Waals surface area contributed by atoms with Gasteiger partial charge in [-0.15, -0.1) is 0 Å². The van der Waals surface area contributed by atoms with Crippen LogP contribution in [0.4, 0.5) is 0 Å². The summed E-state index contributed by atoms with van der Waals surface area (Å²) in [6.45, 7) is 8.34. The van der Waals surface area contributed by atoms with Crippen molar-refractivity contribution in [1.82, 2.24) is 4.90 Å². The van der Waals surface area contributed by atoms with E-state index in [-0.39, 0.29) is 0 Å². The lowest BCUT2D eigenvalue weighted by Crippen LogP contribution is -2.44. The second-order valence-corrected chi connectivity index (χ2v) is 4.90. The number of hydrogen-bond acceptors (Lipinski definition) is 1. The molecule has 1 unspecified atom stereocenters. The van der Waals surface area contributed by atoms with Crippen LogP contribution >= 0.6 is 0 Å². The Morgan fingerprint density at radius 3 is 2.67 bits per heavy atom. The highest BCUT2D eigenvalue weighted by Gasteiger charge is 2.31. The van der Waals surface area contributed by atoms with Crippen LogP contribution in [0, 0.1) is 0 Å². The lowest BCUT2D eigenvalue weighted by atomic mass is 9.76. The maximum Gasteiger partial charge on any atom is 0.00758 e. The van der Waals surface area contributed by atoms with Crippen LogP contribution in [0.15, 0.2) is 30.3 Å². The molecule has 0 amide bonds. The van der Waals surface area contributed by atoms with Gasteiger partial charge in [0.15, 0.2) is 0 Å². The van der Waals surface area contributed by atoms with Crippen LogP contribution in [-0.2, 0) is 5.41 Å². The molecule has 0 radical (unpaired) electrons. The van der Waals surface area contributed by atoms with E-state index in [1.807, 2.05) is 0 Å². The first-order chi connectivity index (χ1) is 7.24. The minimum Gasteiger partial charge on any atom is -0.303 e. The van der Waals surface area contributed by atoms with Crippen molar-refractivity contribution in [2.45, 2.75) is 32.1 Å². The summed E-state index contributed by atoms with van der Waals surface area (Å²) >= 11 is 0. The van der Waals surface area contributed by atoms with E-state index in [2.05, 4.69) is 49.1 Å². The summed E-state index contributed by atoms with van der Waals surface area (Å²) in [5.74, 6) is 0. The van der Waals surface area contributed by atoms with E-state index in [1.165, 1.54) is 38.0 Å². The van der Waals surface area contributed by atoms with Crippen LogP contribution in [0.25, 0.3) is 0 Å². The van der Waals surface area contributed by atoms with Crippen LogP contribution in [0.5, 0.6) is 0 Å². The van der Waals surface area contributed by atoms with Crippen molar-refractivity contribution >= 4 is 0 Å². The Morgan fingerprint density at radius 2 is 2.00 bits per heavy atom. The number of benzene rings is 1. The molecule has 1 aromatic carbocycles. The van der Waals surface area contributed by atoms with E-state index in [9.17, 15) is 0 Å². The maximum absolute atomic E-state index is 2.57. The molecule has 1 atom stereocenters. The topological polar surface area (TPSA) is 3.24 Å². The molecule has 1 saturated heterocycles. The summed E-state index contributed by atoms with van der Waals surface area (Å²) in [6.07, 6.45) is 2.66. The minimum atomic E-state index is 0.371. The third kappa shape index (κ3) is 2.23. The van der Waals surface area contributed by atoms with E-state index in [0.29, 0.717) is 5.41 Å². The van der Waals surface area contributed by atoms with Gasteiger partial charge in [0.05, 0.1) is 0 Å². The predicted octanol–water partition coefficient (Wildman–Crippen LogP) is 3.06. The molecule has 15 heavy (non-hydrogen) atoms. The van der Waals surface area contributed by atoms with E-state index in [1.54, 1.807) is 0 Å². The molecule has 1 aromatic rings. The fourth-order valence-corrected chi connectivity index (χ4v) is 2.69. The van der Waals surface area contributed by atoms with Gasteiger partial charge in [-0.1, -0.05) is 44.2 Å². The standard InChI is InChI=1S/C14H21N/c1-3-15-11-7-10-14(2,12-15)13-8-5-4-6-9-13/h4-6,8-9H,3,7,10-12H2,1-2H3. The Bertz CT molecular complexity index is 306. The molecule has 1 fully saturated rings. The van der Waals surface area contributed by atoms with Crippen LogP contribution in [-0.4, -0.2) is 24.5 Å². The van der Waals surface area contributed by atoms with Crippen molar-refractivity contribution in [2.24, 2.45) is 0 Å². The van der Waals surface area contributed by atoms with Crippen LogP contribution in [0.3, 0.4) is 0 Å². The van der Waals surface area contributed by atoms with Crippen molar-refractivity contribution in [3.8, 4) is 0 Å². The fourth-order valence-electron chi connectivity index (χ4n) is 2.69. The predicted molar refractivity (Wildman–Crippen MR) is 65.1 cm³/mol. The molecule has 1 nitrogen and oxygen atoms in total. The quantitative estimate of drug-likeness (QED) is 0.714. The first kappa shape index (κ1) is 10.7. The van der Waals surface area contributed by atoms with Crippen molar-refractivity contribution in [3.63, 3.8) is 0 Å². The molecular weight excluding hydrogens is 182 g/mol. The maximum atomic E-state index is 2.57. The third-order valence-corrected chi connectivity index (χ3v) is 3.69. The first-order valence-corrected chi connectivity index (χ1v) is 6.02. The first-order valence-electron chi connectivity index (χ1n) is 6.02. The molecule has 0 aliphatic carbocycles. The summed E-state index contributed by atoms with van der Waals surface area (Å²) in [5, 5.41) is 0. The van der Waals surface area contributed by atoms with Crippen molar-refractivity contribution in [3.05, 3.63) is 35.9 Å². The fraction of sp³-hybridized carbons (Fsp3) is 0.571. The van der Waals surface area contributed by atoms with E-state index in [4.69, 9.17) is 0 Å². The zero-order chi connectivity index (χ0) is 10.7. The number of likely N-dealkylation sites (N-methyl/N-ethyl adjacent to an activating group) is 1. The average molecular weight is 203 g/mol. The SMILES string of the molecule is CCN1CCCC(C)(c2ccccc2)C1. The van der Waals surface area contributed by atoms with E-state index >= 15 is 0 Å². The van der Waals surface area contributed by atoms with Gasteiger partial charge in [0.2, 0.25) is 0 Å². The molecule has 0 saturated carbocycles. The zero-order valence-corrected chi connectivity index (χ0v) is 9.87. The summed E-state index contributed by atoms with van der Waals surface area (Å²) in [5.41, 5.74) is 1.87. The van der Waals surface area contributed by atoms with E-state index < -0.39 is 0 Å². The van der Waals surface area contributed by atoms with Crippen molar-refractivity contribution < 1.29 is 0 Å². The molecular formula is C14H21N. The largest absolute Gasteiger partial charge is 0.303 e. The Kier molecular flexibility index (Phi) is 3.11. The molecule has 0 N–H and O–H groups in total. The molecule has 1 aliphatic heterocycles. The highest BCUT2D eigenvalue weighted by Crippen LogP contribution is 2.33. The minimum absolute atomic E-state index is 0.371. The molecule has 1 heteroatoms. The summed E-state index contributed by atoms with van der Waals surface area (Å²) in [7, 11) is 0. The number of likely N-dealkylation sites (tertiary alicyclic amines) is 1. The van der Waals surface area contributed by atoms with Gasteiger partial charge in [-0.3, -0.25) is 0 Å².